The van der Waals surface area contributed by atoms with Gasteiger partial charge in [-0.2, -0.15) is 5.10 Å². The molecule has 0 unspecified atom stereocenters. The molecule has 1 atom stereocenters. The molecular formula is C16H16N4O3S. The summed E-state index contributed by atoms with van der Waals surface area (Å²) in [6, 6.07) is 7.78. The Balaban J connectivity index is 1.33. The lowest BCUT2D eigenvalue weighted by atomic mass is 10.3. The number of carbonyl (C=O) groups excluding carboxylic acids is 1. The van der Waals surface area contributed by atoms with Crippen LogP contribution in [0.4, 0.5) is 5.69 Å². The van der Waals surface area contributed by atoms with Crippen LogP contribution in [0.5, 0.6) is 0 Å². The molecule has 3 aromatic rings. The summed E-state index contributed by atoms with van der Waals surface area (Å²) >= 11 is 1.27. The molecule has 1 amide bonds. The lowest BCUT2D eigenvalue weighted by Crippen LogP contribution is -2.14. The normalized spacial score (nSPS) is 17.4. The number of nitrogens with one attached hydrogen (secondary N) is 1. The SMILES string of the molecule is O=C(CSc1nc2ccccc2o1)Nc1cnn([C@@H]2CCOC2)c1. The second-order valence-electron chi connectivity index (χ2n) is 5.51. The van der Waals surface area contributed by atoms with Crippen molar-refractivity contribution >= 4 is 34.5 Å². The average molecular weight is 344 g/mol. The molecule has 124 valence electrons. The Hall–Kier alpha value is -2.32. The molecule has 0 aliphatic carbocycles. The van der Waals surface area contributed by atoms with Gasteiger partial charge in [0.25, 0.3) is 5.22 Å². The Labute approximate surface area is 142 Å². The molecule has 1 N–H and O–H groups in total. The van der Waals surface area contributed by atoms with Crippen LogP contribution in [-0.4, -0.2) is 39.6 Å². The highest BCUT2D eigenvalue weighted by Crippen LogP contribution is 2.23. The summed E-state index contributed by atoms with van der Waals surface area (Å²) in [5, 5.41) is 7.61. The predicted octanol–water partition coefficient (Wildman–Crippen LogP) is 2.72. The van der Waals surface area contributed by atoms with Gasteiger partial charge in [0.2, 0.25) is 5.91 Å². The van der Waals surface area contributed by atoms with E-state index in [9.17, 15) is 4.79 Å². The Morgan fingerprint density at radius 1 is 1.42 bits per heavy atom. The number of rotatable bonds is 5. The number of carbonyl (C=O) groups is 1. The number of aromatic nitrogens is 3. The van der Waals surface area contributed by atoms with Gasteiger partial charge in [-0.25, -0.2) is 4.98 Å². The summed E-state index contributed by atoms with van der Waals surface area (Å²) in [7, 11) is 0. The highest BCUT2D eigenvalue weighted by Gasteiger charge is 2.18. The van der Waals surface area contributed by atoms with Crippen molar-refractivity contribution in [1.29, 1.82) is 0 Å². The zero-order valence-electron chi connectivity index (χ0n) is 12.8. The average Bonchev–Trinajstić information content (AvgIpc) is 3.32. The number of anilines is 1. The zero-order chi connectivity index (χ0) is 16.4. The van der Waals surface area contributed by atoms with Gasteiger partial charge in [-0.3, -0.25) is 9.48 Å². The minimum Gasteiger partial charge on any atom is -0.431 e. The van der Waals surface area contributed by atoms with Gasteiger partial charge in [0.05, 0.1) is 30.3 Å². The van der Waals surface area contributed by atoms with E-state index >= 15 is 0 Å². The molecule has 0 bridgehead atoms. The second kappa shape index (κ2) is 6.66. The third-order valence-electron chi connectivity index (χ3n) is 3.77. The lowest BCUT2D eigenvalue weighted by Gasteiger charge is -2.06. The summed E-state index contributed by atoms with van der Waals surface area (Å²) in [6.45, 7) is 1.43. The Morgan fingerprint density at radius 3 is 3.17 bits per heavy atom. The van der Waals surface area contributed by atoms with Gasteiger partial charge in [-0.1, -0.05) is 23.9 Å². The Morgan fingerprint density at radius 2 is 2.33 bits per heavy atom. The standard InChI is InChI=1S/C16H16N4O3S/c21-15(10-24-16-19-13-3-1-2-4-14(13)23-16)18-11-7-17-20(8-11)12-5-6-22-9-12/h1-4,7-8,12H,5-6,9-10H2,(H,18,21)/t12-/m1/s1. The van der Waals surface area contributed by atoms with Crippen molar-refractivity contribution in [1.82, 2.24) is 14.8 Å². The molecule has 8 heteroatoms. The molecule has 2 aromatic heterocycles. The first-order chi connectivity index (χ1) is 11.8. The summed E-state index contributed by atoms with van der Waals surface area (Å²) in [6.07, 6.45) is 4.43. The van der Waals surface area contributed by atoms with Gasteiger partial charge in [0.15, 0.2) is 5.58 Å². The fourth-order valence-electron chi connectivity index (χ4n) is 2.57. The second-order valence-corrected chi connectivity index (χ2v) is 6.44. The van der Waals surface area contributed by atoms with Gasteiger partial charge in [-0.05, 0) is 18.6 Å². The van der Waals surface area contributed by atoms with E-state index in [2.05, 4.69) is 15.4 Å². The van der Waals surface area contributed by atoms with E-state index < -0.39 is 0 Å². The molecular weight excluding hydrogens is 328 g/mol. The maximum Gasteiger partial charge on any atom is 0.257 e. The molecule has 7 nitrogen and oxygen atoms in total. The highest BCUT2D eigenvalue weighted by molar-refractivity contribution is 7.99. The number of thioether (sulfide) groups is 1. The Bertz CT molecular complexity index is 821. The van der Waals surface area contributed by atoms with E-state index in [0.717, 1.165) is 24.1 Å². The molecule has 1 fully saturated rings. The number of amides is 1. The molecule has 24 heavy (non-hydrogen) atoms. The molecule has 1 aliphatic heterocycles. The van der Waals surface area contributed by atoms with Crippen LogP contribution < -0.4 is 5.32 Å². The van der Waals surface area contributed by atoms with Crippen LogP contribution in [-0.2, 0) is 9.53 Å². The van der Waals surface area contributed by atoms with Crippen molar-refractivity contribution in [3.8, 4) is 0 Å². The van der Waals surface area contributed by atoms with Gasteiger partial charge in [0.1, 0.15) is 5.52 Å². The maximum atomic E-state index is 12.1. The van der Waals surface area contributed by atoms with Crippen molar-refractivity contribution in [2.45, 2.75) is 17.7 Å². The molecule has 0 saturated carbocycles. The smallest absolute Gasteiger partial charge is 0.257 e. The van der Waals surface area contributed by atoms with E-state index in [1.807, 2.05) is 35.1 Å². The first-order valence-corrected chi connectivity index (χ1v) is 8.66. The van der Waals surface area contributed by atoms with Crippen molar-refractivity contribution in [3.63, 3.8) is 0 Å². The van der Waals surface area contributed by atoms with Crippen LogP contribution >= 0.6 is 11.8 Å². The first-order valence-electron chi connectivity index (χ1n) is 7.68. The predicted molar refractivity (Wildman–Crippen MR) is 90.1 cm³/mol. The summed E-state index contributed by atoms with van der Waals surface area (Å²) < 4.78 is 12.8. The molecule has 1 aliphatic rings. The number of benzene rings is 1. The van der Waals surface area contributed by atoms with Gasteiger partial charge in [0, 0.05) is 12.8 Å². The minimum atomic E-state index is -0.121. The fourth-order valence-corrected chi connectivity index (χ4v) is 3.21. The fraction of sp³-hybridized carbons (Fsp3) is 0.312. The first kappa shape index (κ1) is 15.2. The van der Waals surface area contributed by atoms with Crippen LogP contribution in [0.15, 0.2) is 46.3 Å². The summed E-state index contributed by atoms with van der Waals surface area (Å²) in [4.78, 5) is 16.4. The van der Waals surface area contributed by atoms with E-state index in [0.29, 0.717) is 17.5 Å². The summed E-state index contributed by atoms with van der Waals surface area (Å²) in [5.41, 5.74) is 2.20. The molecule has 1 aromatic carbocycles. The number of oxazole rings is 1. The minimum absolute atomic E-state index is 0.121. The quantitative estimate of drug-likeness (QED) is 0.717. The van der Waals surface area contributed by atoms with E-state index in [4.69, 9.17) is 9.15 Å². The number of hydrogen-bond donors (Lipinski definition) is 1. The van der Waals surface area contributed by atoms with Gasteiger partial charge < -0.3 is 14.5 Å². The van der Waals surface area contributed by atoms with Crippen LogP contribution in [0.3, 0.4) is 0 Å². The molecule has 3 heterocycles. The van der Waals surface area contributed by atoms with Crippen molar-refractivity contribution in [2.75, 3.05) is 24.3 Å². The summed E-state index contributed by atoms with van der Waals surface area (Å²) in [5.74, 6) is 0.106. The van der Waals surface area contributed by atoms with Gasteiger partial charge >= 0.3 is 0 Å². The van der Waals surface area contributed by atoms with Gasteiger partial charge in [-0.15, -0.1) is 0 Å². The number of nitrogens with zero attached hydrogens (tertiary/aromatic N) is 3. The largest absolute Gasteiger partial charge is 0.431 e. The van der Waals surface area contributed by atoms with Crippen molar-refractivity contribution < 1.29 is 13.9 Å². The maximum absolute atomic E-state index is 12.1. The van der Waals surface area contributed by atoms with Crippen LogP contribution in [0, 0.1) is 0 Å². The highest BCUT2D eigenvalue weighted by atomic mass is 32.2. The molecule has 0 radical (unpaired) electrons. The topological polar surface area (TPSA) is 82.2 Å². The van der Waals surface area contributed by atoms with Crippen LogP contribution in [0.25, 0.3) is 11.1 Å². The van der Waals surface area contributed by atoms with E-state index in [-0.39, 0.29) is 17.7 Å². The van der Waals surface area contributed by atoms with Crippen molar-refractivity contribution in [2.24, 2.45) is 0 Å². The van der Waals surface area contributed by atoms with E-state index in [1.54, 1.807) is 6.20 Å². The zero-order valence-corrected chi connectivity index (χ0v) is 13.7. The molecule has 0 spiro atoms. The third kappa shape index (κ3) is 3.29. The third-order valence-corrected chi connectivity index (χ3v) is 4.59. The molecule has 4 rings (SSSR count). The van der Waals surface area contributed by atoms with Crippen molar-refractivity contribution in [3.05, 3.63) is 36.7 Å². The number of para-hydroxylation sites is 2. The monoisotopic (exact) mass is 344 g/mol. The Kier molecular flexibility index (Phi) is 4.22. The number of ether oxygens (including phenoxy) is 1. The van der Waals surface area contributed by atoms with E-state index in [1.165, 1.54) is 11.8 Å². The lowest BCUT2D eigenvalue weighted by molar-refractivity contribution is -0.113. The number of hydrogen-bond acceptors (Lipinski definition) is 6. The molecule has 1 saturated heterocycles. The number of fused-ring (bicyclic) bond motifs is 1. The van der Waals surface area contributed by atoms with Crippen LogP contribution in [0.1, 0.15) is 12.5 Å². The van der Waals surface area contributed by atoms with Crippen LogP contribution in [0.2, 0.25) is 0 Å².